The quantitative estimate of drug-likeness (QED) is 0.619. The maximum Gasteiger partial charge on any atom is 0.186 e. The fourth-order valence-electron chi connectivity index (χ4n) is 1.74. The van der Waals surface area contributed by atoms with Gasteiger partial charge in [-0.2, -0.15) is 0 Å². The predicted octanol–water partition coefficient (Wildman–Crippen LogP) is 3.20. The fraction of sp³-hybridized carbons (Fsp3) is 0.0769. The van der Waals surface area contributed by atoms with Crippen molar-refractivity contribution in [2.45, 2.75) is 6.92 Å². The molecule has 0 fully saturated rings. The smallest absolute Gasteiger partial charge is 0.186 e. The Kier molecular flexibility index (Phi) is 1.96. The minimum absolute atomic E-state index is 0.735. The number of pyridine rings is 1. The highest BCUT2D eigenvalue weighted by Crippen LogP contribution is 2.23. The summed E-state index contributed by atoms with van der Waals surface area (Å²) in [5.41, 5.74) is 4.57. The number of aromatic nitrogens is 2. The molecule has 0 amide bonds. The summed E-state index contributed by atoms with van der Waals surface area (Å²) in [6.45, 7) is 1.89. The normalized spacial score (nSPS) is 10.8. The predicted molar refractivity (Wildman–Crippen MR) is 62.0 cm³/mol. The van der Waals surface area contributed by atoms with Crippen LogP contribution in [-0.2, 0) is 0 Å². The zero-order valence-corrected chi connectivity index (χ0v) is 8.84. The molecule has 3 heteroatoms. The summed E-state index contributed by atoms with van der Waals surface area (Å²) in [5.74, 6) is 0. The van der Waals surface area contributed by atoms with Gasteiger partial charge in [0.25, 0.3) is 0 Å². The summed E-state index contributed by atoms with van der Waals surface area (Å²) in [6, 6.07) is 12.1. The van der Waals surface area contributed by atoms with Crippen molar-refractivity contribution in [3.05, 3.63) is 48.3 Å². The number of aryl methyl sites for hydroxylation is 1. The molecule has 0 bridgehead atoms. The largest absolute Gasteiger partial charge is 0.354 e. The van der Waals surface area contributed by atoms with Gasteiger partial charge in [-0.3, -0.25) is 4.98 Å². The zero-order valence-electron chi connectivity index (χ0n) is 8.84. The number of nitrogens with zero attached hydrogens (tertiary/aromatic N) is 2. The van der Waals surface area contributed by atoms with E-state index in [0.717, 1.165) is 27.9 Å². The second-order valence-electron chi connectivity index (χ2n) is 3.70. The van der Waals surface area contributed by atoms with E-state index in [1.165, 1.54) is 0 Å². The van der Waals surface area contributed by atoms with Crippen LogP contribution in [0.2, 0.25) is 0 Å². The molecule has 3 nitrogen and oxygen atoms in total. The van der Waals surface area contributed by atoms with Gasteiger partial charge in [-0.15, -0.1) is 0 Å². The van der Waals surface area contributed by atoms with Gasteiger partial charge in [-0.25, -0.2) is 0 Å². The molecule has 3 aromatic rings. The van der Waals surface area contributed by atoms with Crippen LogP contribution < -0.4 is 0 Å². The Morgan fingerprint density at radius 3 is 2.69 bits per heavy atom. The monoisotopic (exact) mass is 210 g/mol. The molecular formula is C13H10N2O. The Bertz CT molecular complexity index is 629. The Hall–Kier alpha value is -2.16. The van der Waals surface area contributed by atoms with Gasteiger partial charge in [0.1, 0.15) is 11.2 Å². The first-order valence-corrected chi connectivity index (χ1v) is 5.12. The maximum absolute atomic E-state index is 5.20. The molecule has 0 aliphatic rings. The summed E-state index contributed by atoms with van der Waals surface area (Å²) >= 11 is 0. The van der Waals surface area contributed by atoms with E-state index in [0.29, 0.717) is 0 Å². The third kappa shape index (κ3) is 1.37. The van der Waals surface area contributed by atoms with Gasteiger partial charge in [0.2, 0.25) is 0 Å². The Balaban J connectivity index is 2.19. The lowest BCUT2D eigenvalue weighted by atomic mass is 10.1. The molecule has 0 unspecified atom stereocenters. The first-order chi connectivity index (χ1) is 7.84. The van der Waals surface area contributed by atoms with Crippen LogP contribution in [0.3, 0.4) is 0 Å². The van der Waals surface area contributed by atoms with Crippen LogP contribution >= 0.6 is 0 Å². The minimum Gasteiger partial charge on any atom is -0.354 e. The molecule has 0 radical (unpaired) electrons. The zero-order chi connectivity index (χ0) is 11.0. The molecule has 0 atom stereocenters. The first-order valence-electron chi connectivity index (χ1n) is 5.12. The van der Waals surface area contributed by atoms with E-state index >= 15 is 0 Å². The van der Waals surface area contributed by atoms with Crippen molar-refractivity contribution in [2.75, 3.05) is 0 Å². The van der Waals surface area contributed by atoms with Crippen LogP contribution in [0.15, 0.2) is 47.1 Å². The van der Waals surface area contributed by atoms with Crippen molar-refractivity contribution in [1.29, 1.82) is 0 Å². The van der Waals surface area contributed by atoms with Gasteiger partial charge >= 0.3 is 0 Å². The van der Waals surface area contributed by atoms with Crippen LogP contribution in [-0.4, -0.2) is 10.1 Å². The maximum atomic E-state index is 5.20. The third-order valence-corrected chi connectivity index (χ3v) is 2.58. The van der Waals surface area contributed by atoms with Crippen LogP contribution in [0.1, 0.15) is 5.69 Å². The van der Waals surface area contributed by atoms with Gasteiger partial charge < -0.3 is 4.52 Å². The second kappa shape index (κ2) is 3.45. The standard InChI is InChI=1S/C13H10N2O/c1-9-13-12(16-15-9)7-11(8-14-13)10-5-3-2-4-6-10/h2-8H,1H3. The van der Waals surface area contributed by atoms with E-state index in [2.05, 4.69) is 10.1 Å². The van der Waals surface area contributed by atoms with Crippen molar-refractivity contribution in [1.82, 2.24) is 10.1 Å². The molecule has 0 aliphatic carbocycles. The third-order valence-electron chi connectivity index (χ3n) is 2.58. The highest BCUT2D eigenvalue weighted by Gasteiger charge is 2.06. The molecule has 0 N–H and O–H groups in total. The van der Waals surface area contributed by atoms with Gasteiger partial charge in [-0.05, 0) is 18.6 Å². The molecule has 16 heavy (non-hydrogen) atoms. The molecule has 0 saturated heterocycles. The Morgan fingerprint density at radius 2 is 1.88 bits per heavy atom. The van der Waals surface area contributed by atoms with E-state index in [1.54, 1.807) is 0 Å². The molecular weight excluding hydrogens is 200 g/mol. The van der Waals surface area contributed by atoms with E-state index in [1.807, 2.05) is 49.5 Å². The molecule has 0 aliphatic heterocycles. The second-order valence-corrected chi connectivity index (χ2v) is 3.70. The molecule has 78 valence electrons. The summed E-state index contributed by atoms with van der Waals surface area (Å²) in [5, 5.41) is 3.89. The molecule has 3 rings (SSSR count). The van der Waals surface area contributed by atoms with Crippen molar-refractivity contribution in [2.24, 2.45) is 0 Å². The lowest BCUT2D eigenvalue weighted by Gasteiger charge is -1.99. The first kappa shape index (κ1) is 9.09. The molecule has 1 aromatic carbocycles. The number of benzene rings is 1. The van der Waals surface area contributed by atoms with Crippen LogP contribution in [0.25, 0.3) is 22.2 Å². The topological polar surface area (TPSA) is 38.9 Å². The van der Waals surface area contributed by atoms with Crippen LogP contribution in [0.5, 0.6) is 0 Å². The lowest BCUT2D eigenvalue weighted by molar-refractivity contribution is 0.450. The average molecular weight is 210 g/mol. The molecule has 2 aromatic heterocycles. The molecule has 2 heterocycles. The SMILES string of the molecule is Cc1noc2cc(-c3ccccc3)cnc12. The van der Waals surface area contributed by atoms with E-state index in [-0.39, 0.29) is 0 Å². The average Bonchev–Trinajstić information content (AvgIpc) is 2.72. The minimum atomic E-state index is 0.735. The summed E-state index contributed by atoms with van der Waals surface area (Å²) in [6.07, 6.45) is 1.85. The lowest BCUT2D eigenvalue weighted by Crippen LogP contribution is -1.81. The van der Waals surface area contributed by atoms with Gasteiger partial charge in [0, 0.05) is 11.8 Å². The highest BCUT2D eigenvalue weighted by molar-refractivity contribution is 5.80. The Labute approximate surface area is 92.7 Å². The summed E-state index contributed by atoms with van der Waals surface area (Å²) in [4.78, 5) is 4.36. The van der Waals surface area contributed by atoms with Crippen molar-refractivity contribution in [3.63, 3.8) is 0 Å². The van der Waals surface area contributed by atoms with E-state index in [4.69, 9.17) is 4.52 Å². The van der Waals surface area contributed by atoms with Crippen molar-refractivity contribution < 1.29 is 4.52 Å². The summed E-state index contributed by atoms with van der Waals surface area (Å²) in [7, 11) is 0. The van der Waals surface area contributed by atoms with Crippen LogP contribution in [0.4, 0.5) is 0 Å². The van der Waals surface area contributed by atoms with E-state index in [9.17, 15) is 0 Å². The summed E-state index contributed by atoms with van der Waals surface area (Å²) < 4.78 is 5.20. The van der Waals surface area contributed by atoms with Gasteiger partial charge in [-0.1, -0.05) is 35.5 Å². The van der Waals surface area contributed by atoms with E-state index < -0.39 is 0 Å². The fourth-order valence-corrected chi connectivity index (χ4v) is 1.74. The number of hydrogen-bond donors (Lipinski definition) is 0. The number of hydrogen-bond acceptors (Lipinski definition) is 3. The molecule has 0 spiro atoms. The van der Waals surface area contributed by atoms with Crippen LogP contribution in [0, 0.1) is 6.92 Å². The molecule has 0 saturated carbocycles. The van der Waals surface area contributed by atoms with Crippen molar-refractivity contribution >= 4 is 11.1 Å². The highest BCUT2D eigenvalue weighted by atomic mass is 16.5. The van der Waals surface area contributed by atoms with Crippen molar-refractivity contribution in [3.8, 4) is 11.1 Å². The number of fused-ring (bicyclic) bond motifs is 1. The van der Waals surface area contributed by atoms with Gasteiger partial charge in [0.05, 0.1) is 0 Å². The van der Waals surface area contributed by atoms with Gasteiger partial charge in [0.15, 0.2) is 5.58 Å². The Morgan fingerprint density at radius 1 is 1.06 bits per heavy atom. The number of rotatable bonds is 1.